The van der Waals surface area contributed by atoms with Crippen LogP contribution in [0.5, 0.6) is 11.5 Å². The molecule has 0 spiro atoms. The van der Waals surface area contributed by atoms with Gasteiger partial charge in [0.1, 0.15) is 11.5 Å². The maximum absolute atomic E-state index is 13.6. The SMILES string of the molecule is COc1cc(OC)c(-n2c(=O)[nH]c(Cl)c(F)c2=O)cc1Cl. The molecular formula is C12H9Cl2FN2O4. The number of nitrogens with zero attached hydrogens (tertiary/aromatic N) is 1. The molecule has 0 radical (unpaired) electrons. The normalized spacial score (nSPS) is 10.5. The molecule has 0 amide bonds. The molecule has 1 aromatic carbocycles. The van der Waals surface area contributed by atoms with Crippen LogP contribution in [0.15, 0.2) is 21.7 Å². The van der Waals surface area contributed by atoms with Crippen molar-refractivity contribution >= 4 is 23.2 Å². The lowest BCUT2D eigenvalue weighted by Crippen LogP contribution is -2.36. The zero-order chi connectivity index (χ0) is 15.7. The van der Waals surface area contributed by atoms with Gasteiger partial charge in [0.2, 0.25) is 5.82 Å². The first-order valence-corrected chi connectivity index (χ1v) is 6.28. The van der Waals surface area contributed by atoms with Crippen molar-refractivity contribution in [1.82, 2.24) is 9.55 Å². The Labute approximate surface area is 127 Å². The molecule has 0 aliphatic rings. The Balaban J connectivity index is 2.85. The van der Waals surface area contributed by atoms with E-state index in [4.69, 9.17) is 32.7 Å². The molecule has 112 valence electrons. The first-order chi connectivity index (χ1) is 9.90. The van der Waals surface area contributed by atoms with Crippen molar-refractivity contribution in [2.75, 3.05) is 14.2 Å². The van der Waals surface area contributed by atoms with Crippen LogP contribution in [-0.2, 0) is 0 Å². The molecule has 0 aliphatic carbocycles. The van der Waals surface area contributed by atoms with Gasteiger partial charge in [-0.05, 0) is 6.07 Å². The molecule has 2 aromatic rings. The van der Waals surface area contributed by atoms with Gasteiger partial charge in [-0.15, -0.1) is 0 Å². The van der Waals surface area contributed by atoms with Gasteiger partial charge in [0, 0.05) is 6.07 Å². The monoisotopic (exact) mass is 334 g/mol. The largest absolute Gasteiger partial charge is 0.495 e. The van der Waals surface area contributed by atoms with Gasteiger partial charge in [-0.25, -0.2) is 9.36 Å². The van der Waals surface area contributed by atoms with Crippen molar-refractivity contribution in [3.05, 3.63) is 49.0 Å². The molecule has 1 aromatic heterocycles. The average Bonchev–Trinajstić information content (AvgIpc) is 2.45. The predicted octanol–water partition coefficient (Wildman–Crippen LogP) is 1.99. The minimum atomic E-state index is -1.29. The summed E-state index contributed by atoms with van der Waals surface area (Å²) in [6, 6.07) is 2.62. The van der Waals surface area contributed by atoms with Crippen LogP contribution in [0.1, 0.15) is 0 Å². The van der Waals surface area contributed by atoms with E-state index in [2.05, 4.69) is 0 Å². The van der Waals surface area contributed by atoms with Crippen LogP contribution < -0.4 is 20.7 Å². The molecule has 0 unspecified atom stereocenters. The summed E-state index contributed by atoms with van der Waals surface area (Å²) in [5.41, 5.74) is -2.18. The summed E-state index contributed by atoms with van der Waals surface area (Å²) in [6.45, 7) is 0. The molecule has 0 bridgehead atoms. The summed E-state index contributed by atoms with van der Waals surface area (Å²) in [5, 5.41) is -0.546. The van der Waals surface area contributed by atoms with Crippen LogP contribution in [-0.4, -0.2) is 23.8 Å². The third-order valence-corrected chi connectivity index (χ3v) is 3.25. The third-order valence-electron chi connectivity index (χ3n) is 2.70. The molecule has 0 saturated heterocycles. The minimum absolute atomic E-state index is 0.0369. The van der Waals surface area contributed by atoms with Crippen molar-refractivity contribution in [3.8, 4) is 17.2 Å². The number of nitrogens with one attached hydrogen (secondary N) is 1. The molecule has 0 saturated carbocycles. The first-order valence-electron chi connectivity index (χ1n) is 5.53. The van der Waals surface area contributed by atoms with Crippen LogP contribution >= 0.6 is 23.2 Å². The molecule has 2 rings (SSSR count). The smallest absolute Gasteiger partial charge is 0.334 e. The number of hydrogen-bond donors (Lipinski definition) is 1. The lowest BCUT2D eigenvalue weighted by Gasteiger charge is -2.13. The molecule has 1 heterocycles. The summed E-state index contributed by atoms with van der Waals surface area (Å²) < 4.78 is 24.2. The number of aromatic amines is 1. The Kier molecular flexibility index (Phi) is 4.24. The van der Waals surface area contributed by atoms with Crippen LogP contribution in [0.25, 0.3) is 5.69 Å². The van der Waals surface area contributed by atoms with Crippen molar-refractivity contribution < 1.29 is 13.9 Å². The number of ether oxygens (including phenoxy) is 2. The van der Waals surface area contributed by atoms with Gasteiger partial charge in [0.15, 0.2) is 5.15 Å². The highest BCUT2D eigenvalue weighted by molar-refractivity contribution is 6.32. The van der Waals surface area contributed by atoms with Gasteiger partial charge >= 0.3 is 5.69 Å². The molecule has 21 heavy (non-hydrogen) atoms. The highest BCUT2D eigenvalue weighted by atomic mass is 35.5. The van der Waals surface area contributed by atoms with E-state index < -0.39 is 22.2 Å². The van der Waals surface area contributed by atoms with Gasteiger partial charge in [0.25, 0.3) is 5.56 Å². The highest BCUT2D eigenvalue weighted by Crippen LogP contribution is 2.33. The zero-order valence-corrected chi connectivity index (χ0v) is 12.4. The van der Waals surface area contributed by atoms with E-state index in [0.29, 0.717) is 4.57 Å². The van der Waals surface area contributed by atoms with E-state index in [9.17, 15) is 14.0 Å². The number of hydrogen-bond acceptors (Lipinski definition) is 4. The predicted molar refractivity (Wildman–Crippen MR) is 75.7 cm³/mol. The Morgan fingerprint density at radius 3 is 2.33 bits per heavy atom. The first kappa shape index (κ1) is 15.4. The molecule has 6 nitrogen and oxygen atoms in total. The van der Waals surface area contributed by atoms with Gasteiger partial charge < -0.3 is 9.47 Å². The van der Waals surface area contributed by atoms with Crippen molar-refractivity contribution in [3.63, 3.8) is 0 Å². The van der Waals surface area contributed by atoms with Gasteiger partial charge in [-0.3, -0.25) is 9.78 Å². The molecule has 0 aliphatic heterocycles. The van der Waals surface area contributed by atoms with Gasteiger partial charge in [-0.2, -0.15) is 4.39 Å². The van der Waals surface area contributed by atoms with E-state index in [0.717, 1.165) is 0 Å². The molecule has 1 N–H and O–H groups in total. The number of rotatable bonds is 3. The molecule has 0 atom stereocenters. The number of halogens is 3. The molecule has 9 heteroatoms. The topological polar surface area (TPSA) is 73.3 Å². The fourth-order valence-corrected chi connectivity index (χ4v) is 2.12. The second kappa shape index (κ2) is 5.79. The van der Waals surface area contributed by atoms with Crippen LogP contribution in [0.4, 0.5) is 4.39 Å². The highest BCUT2D eigenvalue weighted by Gasteiger charge is 2.19. The standard InChI is InChI=1S/C12H9Cl2FN2O4/c1-20-7-4-8(21-2)6(3-5(7)13)17-11(18)9(15)10(14)16-12(17)19/h3-4H,1-2H3,(H,16,19). The average molecular weight is 335 g/mol. The number of benzene rings is 1. The Bertz CT molecular complexity index is 816. The van der Waals surface area contributed by atoms with E-state index in [1.165, 1.54) is 26.4 Å². The summed E-state index contributed by atoms with van der Waals surface area (Å²) in [6.07, 6.45) is 0. The Hall–Kier alpha value is -1.99. The van der Waals surface area contributed by atoms with Crippen LogP contribution in [0, 0.1) is 5.82 Å². The number of H-pyrrole nitrogens is 1. The maximum Gasteiger partial charge on any atom is 0.334 e. The number of methoxy groups -OCH3 is 2. The van der Waals surface area contributed by atoms with E-state index in [1.54, 1.807) is 0 Å². The van der Waals surface area contributed by atoms with Crippen molar-refractivity contribution in [2.45, 2.75) is 0 Å². The van der Waals surface area contributed by atoms with Crippen molar-refractivity contribution in [1.29, 1.82) is 0 Å². The van der Waals surface area contributed by atoms with Crippen LogP contribution in [0.2, 0.25) is 10.2 Å². The lowest BCUT2D eigenvalue weighted by molar-refractivity contribution is 0.392. The second-order valence-corrected chi connectivity index (χ2v) is 4.64. The van der Waals surface area contributed by atoms with Crippen molar-refractivity contribution in [2.24, 2.45) is 0 Å². The second-order valence-electron chi connectivity index (χ2n) is 3.86. The van der Waals surface area contributed by atoms with E-state index in [-0.39, 0.29) is 22.2 Å². The summed E-state index contributed by atoms with van der Waals surface area (Å²) in [4.78, 5) is 25.8. The summed E-state index contributed by atoms with van der Waals surface area (Å²) in [5.74, 6) is -0.910. The molecular weight excluding hydrogens is 326 g/mol. The summed E-state index contributed by atoms with van der Waals surface area (Å²) in [7, 11) is 2.71. The maximum atomic E-state index is 13.6. The Morgan fingerprint density at radius 1 is 1.14 bits per heavy atom. The zero-order valence-electron chi connectivity index (χ0n) is 10.9. The quantitative estimate of drug-likeness (QED) is 0.871. The lowest BCUT2D eigenvalue weighted by atomic mass is 10.2. The minimum Gasteiger partial charge on any atom is -0.495 e. The Morgan fingerprint density at radius 2 is 1.76 bits per heavy atom. The van der Waals surface area contributed by atoms with E-state index in [1.807, 2.05) is 4.98 Å². The van der Waals surface area contributed by atoms with Gasteiger partial charge in [-0.1, -0.05) is 23.2 Å². The van der Waals surface area contributed by atoms with E-state index >= 15 is 0 Å². The fourth-order valence-electron chi connectivity index (χ4n) is 1.73. The summed E-state index contributed by atoms with van der Waals surface area (Å²) >= 11 is 11.4. The van der Waals surface area contributed by atoms with Crippen LogP contribution in [0.3, 0.4) is 0 Å². The fraction of sp³-hybridized carbons (Fsp3) is 0.167. The molecule has 0 fully saturated rings. The van der Waals surface area contributed by atoms with Gasteiger partial charge in [0.05, 0.1) is 24.9 Å². The number of aromatic nitrogens is 2. The third kappa shape index (κ3) is 2.62.